The fourth-order valence-electron chi connectivity index (χ4n) is 4.97. The van der Waals surface area contributed by atoms with Crippen LogP contribution >= 0.6 is 0 Å². The van der Waals surface area contributed by atoms with E-state index in [1.54, 1.807) is 11.9 Å². The molecule has 1 fully saturated rings. The third kappa shape index (κ3) is 4.38. The molecule has 1 aromatic rings. The van der Waals surface area contributed by atoms with Crippen molar-refractivity contribution < 1.29 is 19.1 Å². The van der Waals surface area contributed by atoms with Gasteiger partial charge in [0.2, 0.25) is 11.8 Å². The highest BCUT2D eigenvalue weighted by molar-refractivity contribution is 6.07. The van der Waals surface area contributed by atoms with Crippen molar-refractivity contribution >= 4 is 17.5 Å². The number of fused-ring (bicyclic) bond motifs is 1. The van der Waals surface area contributed by atoms with Crippen LogP contribution in [0.5, 0.6) is 11.5 Å². The number of hydrogen-bond donors (Lipinski definition) is 0. The van der Waals surface area contributed by atoms with E-state index in [0.717, 1.165) is 42.7 Å². The Kier molecular flexibility index (Phi) is 6.82. The van der Waals surface area contributed by atoms with Gasteiger partial charge in [-0.25, -0.2) is 5.01 Å². The van der Waals surface area contributed by atoms with E-state index in [1.807, 2.05) is 36.9 Å². The number of likely N-dealkylation sites (tertiary alicyclic amines) is 1. The second kappa shape index (κ2) is 9.76. The number of rotatable bonds is 6. The molecule has 32 heavy (non-hydrogen) atoms. The summed E-state index contributed by atoms with van der Waals surface area (Å²) in [5.41, 5.74) is 1.91. The lowest BCUT2D eigenvalue weighted by atomic mass is 9.76. The van der Waals surface area contributed by atoms with Crippen molar-refractivity contribution in [1.82, 2.24) is 9.91 Å². The van der Waals surface area contributed by atoms with Crippen molar-refractivity contribution in [3.63, 3.8) is 0 Å². The van der Waals surface area contributed by atoms with Gasteiger partial charge in [0.1, 0.15) is 0 Å². The van der Waals surface area contributed by atoms with Crippen LogP contribution in [0.4, 0.5) is 0 Å². The summed E-state index contributed by atoms with van der Waals surface area (Å²) < 4.78 is 11.6. The average Bonchev–Trinajstić information content (AvgIpc) is 2.81. The second-order valence-corrected chi connectivity index (χ2v) is 8.59. The van der Waals surface area contributed by atoms with Gasteiger partial charge < -0.3 is 14.4 Å². The molecule has 3 aliphatic rings. The summed E-state index contributed by atoms with van der Waals surface area (Å²) >= 11 is 0. The molecule has 0 aromatic heterocycles. The fourth-order valence-corrected chi connectivity index (χ4v) is 4.97. The molecular formula is C25H33N3O4. The van der Waals surface area contributed by atoms with Gasteiger partial charge in [-0.2, -0.15) is 5.10 Å². The number of hydrogen-bond acceptors (Lipinski definition) is 5. The van der Waals surface area contributed by atoms with Crippen LogP contribution in [0.15, 0.2) is 35.5 Å². The Bertz CT molecular complexity index is 918. The third-order valence-electron chi connectivity index (χ3n) is 6.64. The minimum atomic E-state index is -0.0968. The Morgan fingerprint density at radius 1 is 1.03 bits per heavy atom. The predicted molar refractivity (Wildman–Crippen MR) is 123 cm³/mol. The first-order chi connectivity index (χ1) is 15.5. The molecule has 2 amide bonds. The average molecular weight is 440 g/mol. The third-order valence-corrected chi connectivity index (χ3v) is 6.64. The molecule has 4 rings (SSSR count). The Labute approximate surface area is 190 Å². The van der Waals surface area contributed by atoms with Crippen LogP contribution in [0, 0.1) is 11.8 Å². The van der Waals surface area contributed by atoms with Crippen LogP contribution < -0.4 is 9.47 Å². The van der Waals surface area contributed by atoms with Gasteiger partial charge in [0.25, 0.3) is 0 Å². The largest absolute Gasteiger partial charge is 0.490 e. The maximum atomic E-state index is 13.4. The number of allylic oxidation sites excluding steroid dienone is 2. The van der Waals surface area contributed by atoms with Crippen LogP contribution in [-0.2, 0) is 9.59 Å². The van der Waals surface area contributed by atoms with E-state index >= 15 is 0 Å². The zero-order chi connectivity index (χ0) is 22.7. The van der Waals surface area contributed by atoms with Gasteiger partial charge in [0.05, 0.1) is 30.9 Å². The molecule has 7 heteroatoms. The molecule has 2 aliphatic heterocycles. The van der Waals surface area contributed by atoms with Crippen LogP contribution in [-0.4, -0.2) is 59.8 Å². The van der Waals surface area contributed by atoms with Crippen molar-refractivity contribution in [2.75, 3.05) is 26.3 Å². The summed E-state index contributed by atoms with van der Waals surface area (Å²) in [5, 5.41) is 6.68. The molecule has 0 saturated carbocycles. The Hall–Kier alpha value is -2.83. The van der Waals surface area contributed by atoms with E-state index in [1.165, 1.54) is 0 Å². The van der Waals surface area contributed by atoms with Gasteiger partial charge in [-0.3, -0.25) is 9.59 Å². The molecule has 0 bridgehead atoms. The van der Waals surface area contributed by atoms with Crippen LogP contribution in [0.3, 0.4) is 0 Å². The van der Waals surface area contributed by atoms with Gasteiger partial charge in [-0.1, -0.05) is 12.2 Å². The monoisotopic (exact) mass is 439 g/mol. The lowest BCUT2D eigenvalue weighted by molar-refractivity contribution is -0.142. The predicted octanol–water partition coefficient (Wildman–Crippen LogP) is 3.62. The van der Waals surface area contributed by atoms with E-state index in [0.29, 0.717) is 32.1 Å². The number of nitrogens with zero attached hydrogens (tertiary/aromatic N) is 3. The van der Waals surface area contributed by atoms with E-state index in [2.05, 4.69) is 12.2 Å². The van der Waals surface area contributed by atoms with E-state index in [9.17, 15) is 9.59 Å². The van der Waals surface area contributed by atoms with E-state index in [-0.39, 0.29) is 29.7 Å². The van der Waals surface area contributed by atoms with Gasteiger partial charge in [-0.05, 0) is 57.7 Å². The van der Waals surface area contributed by atoms with Crippen molar-refractivity contribution in [3.8, 4) is 11.5 Å². The first kappa shape index (κ1) is 22.4. The molecule has 0 N–H and O–H groups in total. The summed E-state index contributed by atoms with van der Waals surface area (Å²) in [5.74, 6) is 1.59. The number of benzene rings is 1. The van der Waals surface area contributed by atoms with Gasteiger partial charge in [-0.15, -0.1) is 0 Å². The summed E-state index contributed by atoms with van der Waals surface area (Å²) in [6.45, 7) is 7.95. The number of carbonyl (C=O) groups excluding carboxylic acids is 2. The lowest BCUT2D eigenvalue weighted by Crippen LogP contribution is -2.52. The molecule has 1 aromatic carbocycles. The van der Waals surface area contributed by atoms with Crippen LogP contribution in [0.25, 0.3) is 0 Å². The smallest absolute Gasteiger partial charge is 0.247 e. The standard InChI is InChI=1S/C25H33N3O4/c1-4-31-22-11-10-18(16-23(22)32-5-2)24-20-8-6-7-9-21(20)25(30)28(26-24)19-12-14-27(15-13-19)17(3)29/h6-7,10-11,16,19-21H,4-5,8-9,12-15H2,1-3H3/t20?,21-/m1/s1. The van der Waals surface area contributed by atoms with Crippen molar-refractivity contribution in [1.29, 1.82) is 0 Å². The summed E-state index contributed by atoms with van der Waals surface area (Å²) in [6.07, 6.45) is 7.32. The number of piperidine rings is 1. The minimum absolute atomic E-state index is 0.0222. The normalized spacial score (nSPS) is 23.6. The van der Waals surface area contributed by atoms with E-state index < -0.39 is 0 Å². The van der Waals surface area contributed by atoms with Crippen LogP contribution in [0.1, 0.15) is 52.0 Å². The second-order valence-electron chi connectivity index (χ2n) is 8.59. The first-order valence-electron chi connectivity index (χ1n) is 11.8. The Balaban J connectivity index is 1.68. The molecular weight excluding hydrogens is 406 g/mol. The number of amides is 2. The van der Waals surface area contributed by atoms with Gasteiger partial charge in [0.15, 0.2) is 11.5 Å². The van der Waals surface area contributed by atoms with Crippen molar-refractivity contribution in [3.05, 3.63) is 35.9 Å². The number of carbonyl (C=O) groups is 2. The minimum Gasteiger partial charge on any atom is -0.490 e. The Morgan fingerprint density at radius 3 is 2.34 bits per heavy atom. The molecule has 1 saturated heterocycles. The molecule has 2 atom stereocenters. The van der Waals surface area contributed by atoms with Gasteiger partial charge in [0, 0.05) is 31.5 Å². The summed E-state index contributed by atoms with van der Waals surface area (Å²) in [4.78, 5) is 27.0. The highest BCUT2D eigenvalue weighted by Crippen LogP contribution is 2.38. The maximum Gasteiger partial charge on any atom is 0.247 e. The zero-order valence-electron chi connectivity index (χ0n) is 19.3. The molecule has 0 spiro atoms. The van der Waals surface area contributed by atoms with Crippen LogP contribution in [0.2, 0.25) is 0 Å². The Morgan fingerprint density at radius 2 is 1.69 bits per heavy atom. The van der Waals surface area contributed by atoms with Gasteiger partial charge >= 0.3 is 0 Å². The summed E-state index contributed by atoms with van der Waals surface area (Å²) in [6, 6.07) is 5.98. The highest BCUT2D eigenvalue weighted by Gasteiger charge is 2.43. The topological polar surface area (TPSA) is 71.4 Å². The zero-order valence-corrected chi connectivity index (χ0v) is 19.3. The molecule has 0 radical (unpaired) electrons. The molecule has 7 nitrogen and oxygen atoms in total. The number of ether oxygens (including phenoxy) is 2. The molecule has 1 unspecified atom stereocenters. The SMILES string of the molecule is CCOc1ccc(C2=NN(C3CCN(C(C)=O)CC3)C(=O)[C@@H]3CC=CCC23)cc1OCC. The number of hydrazone groups is 1. The highest BCUT2D eigenvalue weighted by atomic mass is 16.5. The first-order valence-corrected chi connectivity index (χ1v) is 11.8. The fraction of sp³-hybridized carbons (Fsp3) is 0.560. The van der Waals surface area contributed by atoms with Crippen molar-refractivity contribution in [2.45, 2.75) is 52.5 Å². The lowest BCUT2D eigenvalue weighted by Gasteiger charge is -2.42. The molecule has 1 aliphatic carbocycles. The summed E-state index contributed by atoms with van der Waals surface area (Å²) in [7, 11) is 0. The molecule has 2 heterocycles. The maximum absolute atomic E-state index is 13.4. The quantitative estimate of drug-likeness (QED) is 0.635. The van der Waals surface area contributed by atoms with E-state index in [4.69, 9.17) is 14.6 Å². The van der Waals surface area contributed by atoms with Crippen molar-refractivity contribution in [2.24, 2.45) is 16.9 Å². The molecule has 172 valence electrons.